The Morgan fingerprint density at radius 3 is 2.68 bits per heavy atom. The molecule has 0 saturated carbocycles. The SMILES string of the molecule is CN(C)C(=O)CNC(=NCc1ccc(F)cc1C(F)(F)F)NCC1CCOC1. The first-order chi connectivity index (χ1) is 13.2. The van der Waals surface area contributed by atoms with Crippen molar-refractivity contribution in [1.29, 1.82) is 0 Å². The van der Waals surface area contributed by atoms with Gasteiger partial charge in [-0.2, -0.15) is 13.2 Å². The normalized spacial score (nSPS) is 17.5. The van der Waals surface area contributed by atoms with E-state index in [4.69, 9.17) is 4.74 Å². The van der Waals surface area contributed by atoms with Gasteiger partial charge in [0.2, 0.25) is 5.91 Å². The van der Waals surface area contributed by atoms with E-state index < -0.39 is 17.6 Å². The third-order valence-electron chi connectivity index (χ3n) is 4.27. The van der Waals surface area contributed by atoms with Gasteiger partial charge in [-0.25, -0.2) is 9.38 Å². The van der Waals surface area contributed by atoms with E-state index in [1.807, 2.05) is 0 Å². The van der Waals surface area contributed by atoms with Gasteiger partial charge >= 0.3 is 6.18 Å². The van der Waals surface area contributed by atoms with E-state index in [9.17, 15) is 22.4 Å². The number of amides is 1. The molecule has 1 atom stereocenters. The summed E-state index contributed by atoms with van der Waals surface area (Å²) in [6.07, 6.45) is -3.82. The van der Waals surface area contributed by atoms with Crippen LogP contribution in [-0.4, -0.2) is 57.2 Å². The van der Waals surface area contributed by atoms with E-state index in [0.29, 0.717) is 25.8 Å². The molecule has 0 radical (unpaired) electrons. The minimum Gasteiger partial charge on any atom is -0.381 e. The van der Waals surface area contributed by atoms with Crippen LogP contribution < -0.4 is 10.6 Å². The molecule has 0 spiro atoms. The minimum atomic E-state index is -4.68. The maximum atomic E-state index is 13.2. The predicted molar refractivity (Wildman–Crippen MR) is 96.2 cm³/mol. The van der Waals surface area contributed by atoms with Crippen LogP contribution in [0, 0.1) is 11.7 Å². The number of hydrogen-bond donors (Lipinski definition) is 2. The van der Waals surface area contributed by atoms with Crippen LogP contribution in [-0.2, 0) is 22.3 Å². The summed E-state index contributed by atoms with van der Waals surface area (Å²) in [6.45, 7) is 1.39. The van der Waals surface area contributed by atoms with Crippen LogP contribution in [0.25, 0.3) is 0 Å². The smallest absolute Gasteiger partial charge is 0.381 e. The number of nitrogens with zero attached hydrogens (tertiary/aromatic N) is 2. The third kappa shape index (κ3) is 6.66. The molecular weight excluding hydrogens is 380 g/mol. The Bertz CT molecular complexity index is 701. The van der Waals surface area contributed by atoms with E-state index in [0.717, 1.165) is 18.6 Å². The van der Waals surface area contributed by atoms with E-state index in [-0.39, 0.29) is 36.4 Å². The fraction of sp³-hybridized carbons (Fsp3) is 0.556. The van der Waals surface area contributed by atoms with Crippen molar-refractivity contribution in [3.05, 3.63) is 35.1 Å². The molecule has 1 aliphatic heterocycles. The number of alkyl halides is 3. The van der Waals surface area contributed by atoms with Gasteiger partial charge in [-0.15, -0.1) is 0 Å². The van der Waals surface area contributed by atoms with E-state index in [1.54, 1.807) is 14.1 Å². The maximum Gasteiger partial charge on any atom is 0.416 e. The molecule has 0 aliphatic carbocycles. The van der Waals surface area contributed by atoms with Crippen LogP contribution in [0.1, 0.15) is 17.5 Å². The van der Waals surface area contributed by atoms with E-state index in [2.05, 4.69) is 15.6 Å². The molecule has 1 aliphatic rings. The first-order valence-corrected chi connectivity index (χ1v) is 8.82. The summed E-state index contributed by atoms with van der Waals surface area (Å²) in [6, 6.07) is 2.48. The van der Waals surface area contributed by atoms with Crippen molar-refractivity contribution >= 4 is 11.9 Å². The van der Waals surface area contributed by atoms with Crippen LogP contribution in [0.4, 0.5) is 17.6 Å². The van der Waals surface area contributed by atoms with Crippen molar-refractivity contribution in [3.8, 4) is 0 Å². The average molecular weight is 404 g/mol. The number of hydrogen-bond acceptors (Lipinski definition) is 3. The summed E-state index contributed by atoms with van der Waals surface area (Å²) < 4.78 is 57.9. The highest BCUT2D eigenvalue weighted by atomic mass is 19.4. The van der Waals surface area contributed by atoms with Gasteiger partial charge in [0, 0.05) is 33.2 Å². The Labute approximate surface area is 160 Å². The third-order valence-corrected chi connectivity index (χ3v) is 4.27. The fourth-order valence-electron chi connectivity index (χ4n) is 2.59. The summed E-state index contributed by atoms with van der Waals surface area (Å²) in [5, 5.41) is 5.84. The second-order valence-electron chi connectivity index (χ2n) is 6.72. The highest BCUT2D eigenvalue weighted by molar-refractivity contribution is 5.86. The molecule has 1 saturated heterocycles. The minimum absolute atomic E-state index is 0.0600. The van der Waals surface area contributed by atoms with Crippen molar-refractivity contribution in [2.24, 2.45) is 10.9 Å². The van der Waals surface area contributed by atoms with Crippen LogP contribution in [0.2, 0.25) is 0 Å². The lowest BCUT2D eigenvalue weighted by Crippen LogP contribution is -2.44. The van der Waals surface area contributed by atoms with Crippen molar-refractivity contribution in [2.75, 3.05) is 40.4 Å². The topological polar surface area (TPSA) is 66.0 Å². The number of carbonyl (C=O) groups excluding carboxylic acids is 1. The highest BCUT2D eigenvalue weighted by Gasteiger charge is 2.33. The molecule has 2 N–H and O–H groups in total. The second kappa shape index (κ2) is 9.72. The van der Waals surface area contributed by atoms with Crippen LogP contribution in [0.15, 0.2) is 23.2 Å². The van der Waals surface area contributed by atoms with Crippen LogP contribution in [0.5, 0.6) is 0 Å². The molecule has 1 fully saturated rings. The zero-order valence-electron chi connectivity index (χ0n) is 15.8. The Balaban J connectivity index is 2.12. The molecule has 0 bridgehead atoms. The van der Waals surface area contributed by atoms with Gasteiger partial charge in [-0.1, -0.05) is 6.07 Å². The summed E-state index contributed by atoms with van der Waals surface area (Å²) in [7, 11) is 3.19. The summed E-state index contributed by atoms with van der Waals surface area (Å²) in [5.41, 5.74) is -1.22. The molecule has 1 aromatic carbocycles. The zero-order chi connectivity index (χ0) is 20.7. The molecule has 10 heteroatoms. The number of halogens is 4. The predicted octanol–water partition coefficient (Wildman–Crippen LogP) is 2.00. The lowest BCUT2D eigenvalue weighted by atomic mass is 10.1. The Kier molecular flexibility index (Phi) is 7.61. The molecule has 1 unspecified atom stereocenters. The van der Waals surface area contributed by atoms with Crippen molar-refractivity contribution in [1.82, 2.24) is 15.5 Å². The highest BCUT2D eigenvalue weighted by Crippen LogP contribution is 2.32. The average Bonchev–Trinajstić information content (AvgIpc) is 3.14. The van der Waals surface area contributed by atoms with Gasteiger partial charge in [0.1, 0.15) is 5.82 Å². The quantitative estimate of drug-likeness (QED) is 0.433. The molecule has 156 valence electrons. The number of carbonyl (C=O) groups is 1. The first kappa shape index (κ1) is 21.9. The Morgan fingerprint density at radius 1 is 1.32 bits per heavy atom. The van der Waals surface area contributed by atoms with Gasteiger partial charge in [-0.05, 0) is 24.1 Å². The zero-order valence-corrected chi connectivity index (χ0v) is 15.8. The van der Waals surface area contributed by atoms with E-state index >= 15 is 0 Å². The van der Waals surface area contributed by atoms with Gasteiger partial charge < -0.3 is 20.3 Å². The Morgan fingerprint density at radius 2 is 2.07 bits per heavy atom. The molecule has 1 aromatic rings. The number of benzene rings is 1. The van der Waals surface area contributed by atoms with Crippen molar-refractivity contribution < 1.29 is 27.1 Å². The van der Waals surface area contributed by atoms with Crippen molar-refractivity contribution in [2.45, 2.75) is 19.1 Å². The number of guanidine groups is 1. The van der Waals surface area contributed by atoms with Crippen LogP contribution in [0.3, 0.4) is 0 Å². The monoisotopic (exact) mass is 404 g/mol. The molecule has 6 nitrogen and oxygen atoms in total. The van der Waals surface area contributed by atoms with Gasteiger partial charge in [-0.3, -0.25) is 4.79 Å². The number of nitrogens with one attached hydrogen (secondary N) is 2. The van der Waals surface area contributed by atoms with Gasteiger partial charge in [0.25, 0.3) is 0 Å². The molecule has 2 rings (SSSR count). The standard InChI is InChI=1S/C18H24F4N4O2/c1-26(2)16(27)10-25-17(23-8-12-5-6-28-11-12)24-9-13-3-4-14(19)7-15(13)18(20,21)22/h3-4,7,12H,5-6,8-11H2,1-2H3,(H2,23,24,25). The Hall–Kier alpha value is -2.36. The number of rotatable bonds is 6. The second-order valence-corrected chi connectivity index (χ2v) is 6.72. The number of likely N-dealkylation sites (N-methyl/N-ethyl adjacent to an activating group) is 1. The van der Waals surface area contributed by atoms with Gasteiger partial charge in [0.05, 0.1) is 25.3 Å². The lowest BCUT2D eigenvalue weighted by molar-refractivity contribution is -0.138. The molecular formula is C18H24F4N4O2. The van der Waals surface area contributed by atoms with Crippen molar-refractivity contribution in [3.63, 3.8) is 0 Å². The molecule has 1 heterocycles. The maximum absolute atomic E-state index is 13.2. The molecule has 1 amide bonds. The summed E-state index contributed by atoms with van der Waals surface area (Å²) >= 11 is 0. The fourth-order valence-corrected chi connectivity index (χ4v) is 2.59. The van der Waals surface area contributed by atoms with Gasteiger partial charge in [0.15, 0.2) is 5.96 Å². The van der Waals surface area contributed by atoms with Crippen LogP contribution >= 0.6 is 0 Å². The molecule has 0 aromatic heterocycles. The first-order valence-electron chi connectivity index (χ1n) is 8.82. The molecule has 28 heavy (non-hydrogen) atoms. The van der Waals surface area contributed by atoms with E-state index in [1.165, 1.54) is 4.90 Å². The summed E-state index contributed by atoms with van der Waals surface area (Å²) in [4.78, 5) is 17.3. The number of aliphatic imine (C=N–C) groups is 1. The largest absolute Gasteiger partial charge is 0.416 e. The number of ether oxygens (including phenoxy) is 1. The lowest BCUT2D eigenvalue weighted by Gasteiger charge is -2.17. The summed E-state index contributed by atoms with van der Waals surface area (Å²) in [5.74, 6) is -0.710.